The summed E-state index contributed by atoms with van der Waals surface area (Å²) >= 11 is 12.9. The van der Waals surface area contributed by atoms with Crippen molar-refractivity contribution < 1.29 is 9.18 Å². The second kappa shape index (κ2) is 7.69. The Morgan fingerprint density at radius 3 is 2.43 bits per heavy atom. The van der Waals surface area contributed by atoms with Gasteiger partial charge in [-0.2, -0.15) is 0 Å². The quantitative estimate of drug-likeness (QED) is 0.827. The molecular weight excluding hydrogens is 332 g/mol. The van der Waals surface area contributed by atoms with Gasteiger partial charge in [-0.05, 0) is 35.9 Å². The maximum atomic E-state index is 13.5. The van der Waals surface area contributed by atoms with Crippen LogP contribution in [0.3, 0.4) is 0 Å². The van der Waals surface area contributed by atoms with E-state index in [0.717, 1.165) is 11.6 Å². The molecule has 0 aliphatic heterocycles. The summed E-state index contributed by atoms with van der Waals surface area (Å²) in [6.45, 7) is 0. The van der Waals surface area contributed by atoms with E-state index in [1.807, 2.05) is 12.1 Å². The van der Waals surface area contributed by atoms with Crippen LogP contribution < -0.4 is 5.32 Å². The highest BCUT2D eigenvalue weighted by molar-refractivity contribution is 7.99. The molecule has 0 spiro atoms. The number of nitrogens with one attached hydrogen (secondary N) is 1. The highest BCUT2D eigenvalue weighted by Gasteiger charge is 2.07. The van der Waals surface area contributed by atoms with Crippen LogP contribution in [0, 0.1) is 5.82 Å². The number of benzene rings is 2. The molecule has 0 fully saturated rings. The van der Waals surface area contributed by atoms with Crippen molar-refractivity contribution in [3.63, 3.8) is 0 Å². The number of thioether (sulfide) groups is 1. The number of halogens is 3. The first-order chi connectivity index (χ1) is 10.0. The van der Waals surface area contributed by atoms with Crippen LogP contribution in [0.2, 0.25) is 10.0 Å². The van der Waals surface area contributed by atoms with Crippen molar-refractivity contribution in [1.29, 1.82) is 0 Å². The fourth-order valence-electron chi connectivity index (χ4n) is 1.62. The van der Waals surface area contributed by atoms with Crippen molar-refractivity contribution in [3.05, 3.63) is 63.9 Å². The second-order valence-corrected chi connectivity index (χ2v) is 6.15. The summed E-state index contributed by atoms with van der Waals surface area (Å²) in [6.07, 6.45) is 0. The molecule has 0 aliphatic carbocycles. The van der Waals surface area contributed by atoms with E-state index in [2.05, 4.69) is 5.32 Å². The lowest BCUT2D eigenvalue weighted by Crippen LogP contribution is -2.15. The zero-order chi connectivity index (χ0) is 15.2. The predicted octanol–water partition coefficient (Wildman–Crippen LogP) is 5.00. The molecule has 1 amide bonds. The van der Waals surface area contributed by atoms with Crippen LogP contribution in [0.5, 0.6) is 0 Å². The summed E-state index contributed by atoms with van der Waals surface area (Å²) in [5, 5.41) is 3.49. The Hall–Kier alpha value is -1.23. The van der Waals surface area contributed by atoms with Crippen molar-refractivity contribution in [3.8, 4) is 0 Å². The Kier molecular flexibility index (Phi) is 5.91. The van der Waals surface area contributed by atoms with Crippen LogP contribution in [0.25, 0.3) is 0 Å². The van der Waals surface area contributed by atoms with Crippen molar-refractivity contribution >= 4 is 46.6 Å². The highest BCUT2D eigenvalue weighted by atomic mass is 35.5. The minimum Gasteiger partial charge on any atom is -0.323 e. The van der Waals surface area contributed by atoms with Gasteiger partial charge in [-0.15, -0.1) is 11.8 Å². The fourth-order valence-corrected chi connectivity index (χ4v) is 2.69. The minimum atomic E-state index is -0.543. The lowest BCUT2D eigenvalue weighted by atomic mass is 10.2. The fraction of sp³-hybridized carbons (Fsp3) is 0.133. The van der Waals surface area contributed by atoms with Crippen LogP contribution in [0.15, 0.2) is 42.5 Å². The van der Waals surface area contributed by atoms with E-state index in [0.29, 0.717) is 15.8 Å². The first-order valence-corrected chi connectivity index (χ1v) is 8.03. The number of carbonyl (C=O) groups excluding carboxylic acids is 1. The molecule has 0 saturated heterocycles. The second-order valence-electron chi connectivity index (χ2n) is 4.29. The van der Waals surface area contributed by atoms with E-state index in [1.54, 1.807) is 12.1 Å². The zero-order valence-corrected chi connectivity index (χ0v) is 13.2. The van der Waals surface area contributed by atoms with Crippen LogP contribution in [-0.2, 0) is 10.5 Å². The summed E-state index contributed by atoms with van der Waals surface area (Å²) in [7, 11) is 0. The molecule has 21 heavy (non-hydrogen) atoms. The minimum absolute atomic E-state index is 0.136. The predicted molar refractivity (Wildman–Crippen MR) is 87.7 cm³/mol. The third-order valence-electron chi connectivity index (χ3n) is 2.62. The molecule has 0 bridgehead atoms. The maximum Gasteiger partial charge on any atom is 0.234 e. The number of amides is 1. The van der Waals surface area contributed by atoms with E-state index in [9.17, 15) is 9.18 Å². The SMILES string of the molecule is O=C(CSCc1ccc(Cl)cc1)Nc1ccc(Cl)cc1F. The molecule has 0 aromatic heterocycles. The molecular formula is C15H12Cl2FNOS. The van der Waals surface area contributed by atoms with Gasteiger partial charge in [0.05, 0.1) is 11.4 Å². The molecule has 0 unspecified atom stereocenters. The van der Waals surface area contributed by atoms with Crippen LogP contribution in [0.4, 0.5) is 10.1 Å². The van der Waals surface area contributed by atoms with Crippen LogP contribution in [-0.4, -0.2) is 11.7 Å². The van der Waals surface area contributed by atoms with E-state index < -0.39 is 5.82 Å². The maximum absolute atomic E-state index is 13.5. The first-order valence-electron chi connectivity index (χ1n) is 6.11. The lowest BCUT2D eigenvalue weighted by molar-refractivity contribution is -0.113. The van der Waals surface area contributed by atoms with Gasteiger partial charge in [-0.3, -0.25) is 4.79 Å². The van der Waals surface area contributed by atoms with Crippen molar-refractivity contribution in [2.75, 3.05) is 11.1 Å². The third kappa shape index (κ3) is 5.23. The van der Waals surface area contributed by atoms with Gasteiger partial charge in [0, 0.05) is 15.8 Å². The summed E-state index contributed by atoms with van der Waals surface area (Å²) in [4.78, 5) is 11.7. The summed E-state index contributed by atoms with van der Waals surface area (Å²) in [5.41, 5.74) is 1.21. The van der Waals surface area contributed by atoms with Gasteiger partial charge < -0.3 is 5.32 Å². The largest absolute Gasteiger partial charge is 0.323 e. The smallest absolute Gasteiger partial charge is 0.234 e. The Morgan fingerprint density at radius 2 is 1.76 bits per heavy atom. The molecule has 0 radical (unpaired) electrons. The average Bonchev–Trinajstić information content (AvgIpc) is 2.44. The van der Waals surface area contributed by atoms with E-state index >= 15 is 0 Å². The Morgan fingerprint density at radius 1 is 1.10 bits per heavy atom. The van der Waals surface area contributed by atoms with Crippen molar-refractivity contribution in [2.24, 2.45) is 0 Å². The van der Waals surface area contributed by atoms with Crippen LogP contribution in [0.1, 0.15) is 5.56 Å². The van der Waals surface area contributed by atoms with Gasteiger partial charge in [-0.1, -0.05) is 35.3 Å². The number of rotatable bonds is 5. The van der Waals surface area contributed by atoms with Gasteiger partial charge in [0.1, 0.15) is 5.82 Å². The molecule has 2 nitrogen and oxygen atoms in total. The molecule has 0 heterocycles. The van der Waals surface area contributed by atoms with Gasteiger partial charge in [0.25, 0.3) is 0 Å². The number of hydrogen-bond acceptors (Lipinski definition) is 2. The molecule has 2 aromatic rings. The van der Waals surface area contributed by atoms with Crippen molar-refractivity contribution in [1.82, 2.24) is 0 Å². The van der Waals surface area contributed by atoms with E-state index in [1.165, 1.54) is 23.9 Å². The Balaban J connectivity index is 1.81. The Labute approximate surface area is 136 Å². The van der Waals surface area contributed by atoms with E-state index in [-0.39, 0.29) is 17.3 Å². The molecule has 6 heteroatoms. The normalized spacial score (nSPS) is 10.4. The highest BCUT2D eigenvalue weighted by Crippen LogP contribution is 2.20. The monoisotopic (exact) mass is 343 g/mol. The first kappa shape index (κ1) is 16.1. The van der Waals surface area contributed by atoms with E-state index in [4.69, 9.17) is 23.2 Å². The van der Waals surface area contributed by atoms with Crippen molar-refractivity contribution in [2.45, 2.75) is 5.75 Å². The molecule has 2 aromatic carbocycles. The van der Waals surface area contributed by atoms with Gasteiger partial charge in [-0.25, -0.2) is 4.39 Å². The molecule has 1 N–H and O–H groups in total. The molecule has 2 rings (SSSR count). The molecule has 0 atom stereocenters. The number of hydrogen-bond donors (Lipinski definition) is 1. The topological polar surface area (TPSA) is 29.1 Å². The average molecular weight is 344 g/mol. The molecule has 110 valence electrons. The standard InChI is InChI=1S/C15H12Cl2FNOS/c16-11-3-1-10(2-4-11)8-21-9-15(20)19-14-6-5-12(17)7-13(14)18/h1-7H,8-9H2,(H,19,20). The zero-order valence-electron chi connectivity index (χ0n) is 10.9. The Bertz CT molecular complexity index is 634. The molecule has 0 aliphatic rings. The summed E-state index contributed by atoms with van der Waals surface area (Å²) < 4.78 is 13.5. The van der Waals surface area contributed by atoms with Gasteiger partial charge >= 0.3 is 0 Å². The summed E-state index contributed by atoms with van der Waals surface area (Å²) in [5.74, 6) is 0.131. The number of anilines is 1. The third-order valence-corrected chi connectivity index (χ3v) is 4.11. The lowest BCUT2D eigenvalue weighted by Gasteiger charge is -2.06. The van der Waals surface area contributed by atoms with Gasteiger partial charge in [0.15, 0.2) is 0 Å². The van der Waals surface area contributed by atoms with Gasteiger partial charge in [0.2, 0.25) is 5.91 Å². The molecule has 0 saturated carbocycles. The van der Waals surface area contributed by atoms with Crippen LogP contribution >= 0.6 is 35.0 Å². The summed E-state index contributed by atoms with van der Waals surface area (Å²) in [6, 6.07) is 11.6. The number of carbonyl (C=O) groups is 1.